The van der Waals surface area contributed by atoms with Crippen molar-refractivity contribution in [2.45, 2.75) is 44.4 Å². The third kappa shape index (κ3) is 5.36. The van der Waals surface area contributed by atoms with Gasteiger partial charge in [-0.1, -0.05) is 29.8 Å². The van der Waals surface area contributed by atoms with Crippen molar-refractivity contribution < 1.29 is 17.9 Å². The van der Waals surface area contributed by atoms with Gasteiger partial charge in [0.05, 0.1) is 6.61 Å². The van der Waals surface area contributed by atoms with Gasteiger partial charge in [0, 0.05) is 25.2 Å². The Morgan fingerprint density at radius 1 is 1.10 bits per heavy atom. The van der Waals surface area contributed by atoms with Gasteiger partial charge in [-0.15, -0.1) is 0 Å². The predicted molar refractivity (Wildman–Crippen MR) is 114 cm³/mol. The van der Waals surface area contributed by atoms with Gasteiger partial charge in [-0.2, -0.15) is 4.31 Å². The van der Waals surface area contributed by atoms with Crippen LogP contribution in [0.15, 0.2) is 47.4 Å². The lowest BCUT2D eigenvalue weighted by Gasteiger charge is -2.19. The van der Waals surface area contributed by atoms with Crippen molar-refractivity contribution in [3.63, 3.8) is 0 Å². The highest BCUT2D eigenvalue weighted by molar-refractivity contribution is 7.89. The molecule has 3 rings (SSSR count). The molecule has 0 radical (unpaired) electrons. The Balaban J connectivity index is 1.73. The molecule has 2 aromatic carbocycles. The number of amides is 1. The molecule has 1 N–H and O–H groups in total. The maximum absolute atomic E-state index is 13.0. The van der Waals surface area contributed by atoms with Crippen LogP contribution in [-0.4, -0.2) is 38.3 Å². The van der Waals surface area contributed by atoms with E-state index in [0.29, 0.717) is 44.0 Å². The van der Waals surface area contributed by atoms with E-state index in [1.54, 1.807) is 12.1 Å². The average molecular weight is 417 g/mol. The summed E-state index contributed by atoms with van der Waals surface area (Å²) >= 11 is 0. The smallest absolute Gasteiger partial charge is 0.246 e. The summed E-state index contributed by atoms with van der Waals surface area (Å²) in [5.41, 5.74) is 2.73. The highest BCUT2D eigenvalue weighted by atomic mass is 32.2. The zero-order valence-electron chi connectivity index (χ0n) is 17.0. The minimum Gasteiger partial charge on any atom is -0.492 e. The van der Waals surface area contributed by atoms with Gasteiger partial charge in [0.15, 0.2) is 0 Å². The van der Waals surface area contributed by atoms with Crippen LogP contribution in [0.4, 0.5) is 5.69 Å². The monoisotopic (exact) mass is 416 g/mol. The van der Waals surface area contributed by atoms with E-state index in [4.69, 9.17) is 4.74 Å². The molecule has 0 unspecified atom stereocenters. The van der Waals surface area contributed by atoms with Crippen molar-refractivity contribution in [3.05, 3.63) is 53.6 Å². The molecule has 0 atom stereocenters. The molecule has 0 aromatic heterocycles. The standard InChI is InChI=1S/C22H28N2O4S/c1-3-28-20-12-11-19(16-21(20)29(26,27)24-14-4-5-15-24)23-22(25)13-10-18-8-6-17(2)7-9-18/h6-9,11-12,16H,3-5,10,13-15H2,1-2H3,(H,23,25). The number of carbonyl (C=O) groups excluding carboxylic acids is 1. The van der Waals surface area contributed by atoms with Crippen LogP contribution < -0.4 is 10.1 Å². The number of rotatable bonds is 8. The molecular weight excluding hydrogens is 388 g/mol. The van der Waals surface area contributed by atoms with E-state index in [0.717, 1.165) is 18.4 Å². The highest BCUT2D eigenvalue weighted by Gasteiger charge is 2.30. The Hall–Kier alpha value is -2.38. The van der Waals surface area contributed by atoms with Gasteiger partial charge in [0.25, 0.3) is 0 Å². The van der Waals surface area contributed by atoms with Crippen molar-refractivity contribution in [1.29, 1.82) is 0 Å². The van der Waals surface area contributed by atoms with Crippen LogP contribution in [0.1, 0.15) is 37.3 Å². The number of sulfonamides is 1. The Morgan fingerprint density at radius 3 is 2.45 bits per heavy atom. The van der Waals surface area contributed by atoms with Crippen LogP contribution >= 0.6 is 0 Å². The normalized spacial score (nSPS) is 14.7. The number of ether oxygens (including phenoxy) is 1. The summed E-state index contributed by atoms with van der Waals surface area (Å²) in [5, 5.41) is 2.82. The van der Waals surface area contributed by atoms with Gasteiger partial charge < -0.3 is 10.1 Å². The second-order valence-corrected chi connectivity index (χ2v) is 9.15. The molecule has 1 aliphatic rings. The minimum absolute atomic E-state index is 0.109. The molecule has 0 spiro atoms. The summed E-state index contributed by atoms with van der Waals surface area (Å²) in [6.45, 7) is 5.23. The number of hydrogen-bond donors (Lipinski definition) is 1. The number of nitrogens with zero attached hydrogens (tertiary/aromatic N) is 1. The van der Waals surface area contributed by atoms with Gasteiger partial charge in [-0.3, -0.25) is 4.79 Å². The first-order chi connectivity index (χ1) is 13.9. The number of nitrogens with one attached hydrogen (secondary N) is 1. The van der Waals surface area contributed by atoms with Crippen LogP contribution in [0.5, 0.6) is 5.75 Å². The largest absolute Gasteiger partial charge is 0.492 e. The third-order valence-electron chi connectivity index (χ3n) is 4.97. The number of anilines is 1. The zero-order valence-corrected chi connectivity index (χ0v) is 17.8. The van der Waals surface area contributed by atoms with Gasteiger partial charge in [-0.25, -0.2) is 8.42 Å². The van der Waals surface area contributed by atoms with E-state index in [1.165, 1.54) is 15.9 Å². The van der Waals surface area contributed by atoms with E-state index in [9.17, 15) is 13.2 Å². The zero-order chi connectivity index (χ0) is 20.9. The van der Waals surface area contributed by atoms with Gasteiger partial charge in [0.1, 0.15) is 10.6 Å². The lowest BCUT2D eigenvalue weighted by atomic mass is 10.1. The maximum Gasteiger partial charge on any atom is 0.246 e. The fourth-order valence-corrected chi connectivity index (χ4v) is 5.04. The minimum atomic E-state index is -3.65. The molecule has 1 fully saturated rings. The van der Waals surface area contributed by atoms with E-state index < -0.39 is 10.0 Å². The quantitative estimate of drug-likeness (QED) is 0.711. The highest BCUT2D eigenvalue weighted by Crippen LogP contribution is 2.31. The average Bonchev–Trinajstić information content (AvgIpc) is 3.25. The first kappa shape index (κ1) is 21.3. The van der Waals surface area contributed by atoms with Crippen LogP contribution in [0, 0.1) is 6.92 Å². The van der Waals surface area contributed by atoms with Crippen LogP contribution in [0.3, 0.4) is 0 Å². The molecule has 7 heteroatoms. The lowest BCUT2D eigenvalue weighted by molar-refractivity contribution is -0.116. The van der Waals surface area contributed by atoms with E-state index in [1.807, 2.05) is 38.1 Å². The molecule has 29 heavy (non-hydrogen) atoms. The van der Waals surface area contributed by atoms with Crippen molar-refractivity contribution in [2.75, 3.05) is 25.0 Å². The predicted octanol–water partition coefficient (Wildman–Crippen LogP) is 3.75. The summed E-state index contributed by atoms with van der Waals surface area (Å²) in [6, 6.07) is 12.9. The second kappa shape index (κ2) is 9.41. The maximum atomic E-state index is 13.0. The summed E-state index contributed by atoms with van der Waals surface area (Å²) in [7, 11) is -3.65. The van der Waals surface area contributed by atoms with Crippen molar-refractivity contribution in [2.24, 2.45) is 0 Å². The van der Waals surface area contributed by atoms with Crippen LogP contribution in [-0.2, 0) is 21.2 Å². The Bertz CT molecular complexity index is 949. The summed E-state index contributed by atoms with van der Waals surface area (Å²) in [5.74, 6) is 0.163. The molecule has 1 amide bonds. The van der Waals surface area contributed by atoms with Gasteiger partial charge in [0.2, 0.25) is 15.9 Å². The molecule has 1 aliphatic heterocycles. The number of hydrogen-bond acceptors (Lipinski definition) is 4. The number of carbonyl (C=O) groups is 1. The van der Waals surface area contributed by atoms with Crippen molar-refractivity contribution in [1.82, 2.24) is 4.31 Å². The first-order valence-electron chi connectivity index (χ1n) is 10.0. The van der Waals surface area contributed by atoms with Crippen molar-refractivity contribution >= 4 is 21.6 Å². The van der Waals surface area contributed by atoms with E-state index >= 15 is 0 Å². The molecule has 6 nitrogen and oxygen atoms in total. The SMILES string of the molecule is CCOc1ccc(NC(=O)CCc2ccc(C)cc2)cc1S(=O)(=O)N1CCCC1. The third-order valence-corrected chi connectivity index (χ3v) is 6.89. The molecule has 2 aromatic rings. The van der Waals surface area contributed by atoms with Crippen LogP contribution in [0.25, 0.3) is 0 Å². The Kier molecular flexibility index (Phi) is 6.92. The lowest BCUT2D eigenvalue weighted by Crippen LogP contribution is -2.28. The summed E-state index contributed by atoms with van der Waals surface area (Å²) in [4.78, 5) is 12.5. The fourth-order valence-electron chi connectivity index (χ4n) is 3.37. The van der Waals surface area contributed by atoms with Gasteiger partial charge in [-0.05, 0) is 56.9 Å². The molecule has 0 aliphatic carbocycles. The Morgan fingerprint density at radius 2 is 1.79 bits per heavy atom. The summed E-state index contributed by atoms with van der Waals surface area (Å²) < 4.78 is 33.1. The second-order valence-electron chi connectivity index (χ2n) is 7.24. The molecule has 1 saturated heterocycles. The number of benzene rings is 2. The molecular formula is C22H28N2O4S. The topological polar surface area (TPSA) is 75.7 Å². The molecule has 1 heterocycles. The Labute approximate surface area is 172 Å². The molecule has 0 saturated carbocycles. The summed E-state index contributed by atoms with van der Waals surface area (Å²) in [6.07, 6.45) is 2.67. The van der Waals surface area contributed by atoms with E-state index in [2.05, 4.69) is 5.32 Å². The first-order valence-corrected chi connectivity index (χ1v) is 11.5. The van der Waals surface area contributed by atoms with E-state index in [-0.39, 0.29) is 10.8 Å². The number of aryl methyl sites for hydroxylation is 2. The van der Waals surface area contributed by atoms with Crippen molar-refractivity contribution in [3.8, 4) is 5.75 Å². The fraction of sp³-hybridized carbons (Fsp3) is 0.409. The van der Waals surface area contributed by atoms with Gasteiger partial charge >= 0.3 is 0 Å². The molecule has 156 valence electrons. The molecule has 0 bridgehead atoms. The van der Waals surface area contributed by atoms with Crippen LogP contribution in [0.2, 0.25) is 0 Å².